The van der Waals surface area contributed by atoms with Crippen molar-refractivity contribution in [2.75, 3.05) is 31.7 Å². The van der Waals surface area contributed by atoms with Gasteiger partial charge in [0.25, 0.3) is 0 Å². The molecule has 164 valence electrons. The Morgan fingerprint density at radius 3 is 2.73 bits per heavy atom. The van der Waals surface area contributed by atoms with E-state index in [9.17, 15) is 0 Å². The molecule has 3 heterocycles. The van der Waals surface area contributed by atoms with E-state index in [-0.39, 0.29) is 30.1 Å². The first-order chi connectivity index (χ1) is 14.2. The predicted octanol–water partition coefficient (Wildman–Crippen LogP) is 2.64. The third-order valence-electron chi connectivity index (χ3n) is 5.09. The van der Waals surface area contributed by atoms with Gasteiger partial charge in [0, 0.05) is 38.4 Å². The second-order valence-corrected chi connectivity index (χ2v) is 7.24. The summed E-state index contributed by atoms with van der Waals surface area (Å²) < 4.78 is 19.2. The van der Waals surface area contributed by atoms with Gasteiger partial charge >= 0.3 is 0 Å². The van der Waals surface area contributed by atoms with Crippen LogP contribution in [-0.4, -0.2) is 53.2 Å². The van der Waals surface area contributed by atoms with E-state index >= 15 is 0 Å². The van der Waals surface area contributed by atoms with Gasteiger partial charge in [0.05, 0.1) is 19.3 Å². The second-order valence-electron chi connectivity index (χ2n) is 7.24. The fraction of sp³-hybridized carbons (Fsp3) is 0.550. The zero-order valence-electron chi connectivity index (χ0n) is 17.4. The molecule has 9 nitrogen and oxygen atoms in total. The molecule has 0 radical (unpaired) electrons. The summed E-state index contributed by atoms with van der Waals surface area (Å²) in [6, 6.07) is 5.83. The van der Waals surface area contributed by atoms with Crippen molar-refractivity contribution in [3.63, 3.8) is 0 Å². The van der Waals surface area contributed by atoms with E-state index in [1.165, 1.54) is 0 Å². The number of hydrogen-bond acceptors (Lipinski definition) is 6. The highest BCUT2D eigenvalue weighted by Crippen LogP contribution is 2.32. The Morgan fingerprint density at radius 2 is 2.00 bits per heavy atom. The first kappa shape index (κ1) is 22.6. The van der Waals surface area contributed by atoms with Crippen molar-refractivity contribution < 1.29 is 14.2 Å². The van der Waals surface area contributed by atoms with Gasteiger partial charge in [-0.1, -0.05) is 0 Å². The number of ether oxygens (including phenoxy) is 3. The van der Waals surface area contributed by atoms with Crippen LogP contribution < -0.4 is 20.1 Å². The Labute approximate surface area is 193 Å². The highest BCUT2D eigenvalue weighted by Gasteiger charge is 2.17. The maximum Gasteiger partial charge on any atom is 0.196 e. The van der Waals surface area contributed by atoms with Crippen molar-refractivity contribution in [2.24, 2.45) is 12.0 Å². The molecule has 2 aromatic rings. The van der Waals surface area contributed by atoms with Gasteiger partial charge < -0.3 is 29.4 Å². The molecule has 1 unspecified atom stereocenters. The molecule has 0 aliphatic carbocycles. The fourth-order valence-electron chi connectivity index (χ4n) is 3.27. The lowest BCUT2D eigenvalue weighted by atomic mass is 10.2. The van der Waals surface area contributed by atoms with Crippen LogP contribution in [0.3, 0.4) is 0 Å². The normalized spacial score (nSPS) is 18.5. The molecule has 1 aromatic carbocycles. The number of nitrogens with zero attached hydrogens (tertiary/aromatic N) is 4. The molecule has 2 aliphatic heterocycles. The largest absolute Gasteiger partial charge is 0.490 e. The number of anilines is 1. The average Bonchev–Trinajstić information content (AvgIpc) is 3.28. The number of fused-ring (bicyclic) bond motifs is 1. The molecule has 0 amide bonds. The summed E-state index contributed by atoms with van der Waals surface area (Å²) in [5.74, 6) is 3.85. The first-order valence-electron chi connectivity index (χ1n) is 10.1. The van der Waals surface area contributed by atoms with Crippen LogP contribution in [-0.2, 0) is 18.3 Å². The maximum absolute atomic E-state index is 5.79. The summed E-state index contributed by atoms with van der Waals surface area (Å²) in [5, 5.41) is 15.0. The molecule has 0 saturated carbocycles. The molecular formula is C20H29IN6O3. The Balaban J connectivity index is 0.00000256. The van der Waals surface area contributed by atoms with Crippen molar-refractivity contribution in [3.05, 3.63) is 29.8 Å². The number of aromatic nitrogens is 3. The highest BCUT2D eigenvalue weighted by molar-refractivity contribution is 14.0. The van der Waals surface area contributed by atoms with Crippen molar-refractivity contribution >= 4 is 35.6 Å². The van der Waals surface area contributed by atoms with Crippen LogP contribution >= 0.6 is 24.0 Å². The van der Waals surface area contributed by atoms with E-state index in [4.69, 9.17) is 19.2 Å². The van der Waals surface area contributed by atoms with E-state index in [0.29, 0.717) is 32.3 Å². The molecule has 1 saturated heterocycles. The number of benzene rings is 1. The van der Waals surface area contributed by atoms with Crippen LogP contribution in [0.25, 0.3) is 0 Å². The quantitative estimate of drug-likeness (QED) is 0.350. The lowest BCUT2D eigenvalue weighted by Crippen LogP contribution is -2.36. The molecule has 10 heteroatoms. The maximum atomic E-state index is 5.79. The number of aryl methyl sites for hydroxylation is 1. The fourth-order valence-corrected chi connectivity index (χ4v) is 3.27. The van der Waals surface area contributed by atoms with Crippen molar-refractivity contribution in [2.45, 2.75) is 38.8 Å². The van der Waals surface area contributed by atoms with Gasteiger partial charge in [-0.3, -0.25) is 0 Å². The van der Waals surface area contributed by atoms with Crippen molar-refractivity contribution in [3.8, 4) is 11.5 Å². The van der Waals surface area contributed by atoms with Crippen LogP contribution in [0.15, 0.2) is 23.2 Å². The molecule has 2 N–H and O–H groups in total. The molecule has 1 fully saturated rings. The van der Waals surface area contributed by atoms with E-state index < -0.39 is 0 Å². The minimum Gasteiger partial charge on any atom is -0.490 e. The summed E-state index contributed by atoms with van der Waals surface area (Å²) in [6.07, 6.45) is 3.26. The van der Waals surface area contributed by atoms with Crippen LogP contribution in [0.4, 0.5) is 5.69 Å². The van der Waals surface area contributed by atoms with Gasteiger partial charge in [0.15, 0.2) is 23.3 Å². The number of aliphatic imine (C=N–C) groups is 1. The molecule has 2 aliphatic rings. The van der Waals surface area contributed by atoms with Gasteiger partial charge in [-0.05, 0) is 31.9 Å². The molecular weight excluding hydrogens is 499 g/mol. The molecule has 30 heavy (non-hydrogen) atoms. The third kappa shape index (κ3) is 5.75. The Hall–Kier alpha value is -2.08. The summed E-state index contributed by atoms with van der Waals surface area (Å²) in [5.41, 5.74) is 0.877. The number of halogens is 1. The molecule has 0 spiro atoms. The minimum absolute atomic E-state index is 0. The van der Waals surface area contributed by atoms with E-state index in [1.54, 1.807) is 0 Å². The van der Waals surface area contributed by atoms with Gasteiger partial charge in [-0.2, -0.15) is 0 Å². The summed E-state index contributed by atoms with van der Waals surface area (Å²) in [7, 11) is 1.94. The summed E-state index contributed by atoms with van der Waals surface area (Å²) >= 11 is 0. The number of guanidine groups is 1. The lowest BCUT2D eigenvalue weighted by molar-refractivity contribution is 0.114. The van der Waals surface area contributed by atoms with E-state index in [0.717, 1.165) is 54.7 Å². The Morgan fingerprint density at radius 1 is 1.17 bits per heavy atom. The molecule has 1 atom stereocenters. The number of rotatable bonds is 5. The zero-order valence-corrected chi connectivity index (χ0v) is 19.7. The lowest BCUT2D eigenvalue weighted by Gasteiger charge is -2.16. The van der Waals surface area contributed by atoms with Gasteiger partial charge in [0.1, 0.15) is 12.4 Å². The minimum atomic E-state index is 0. The second kappa shape index (κ2) is 10.8. The molecule has 0 bridgehead atoms. The van der Waals surface area contributed by atoms with Crippen molar-refractivity contribution in [1.29, 1.82) is 0 Å². The Kier molecular flexibility index (Phi) is 8.14. The summed E-state index contributed by atoms with van der Waals surface area (Å²) in [6.45, 7) is 5.20. The smallest absolute Gasteiger partial charge is 0.196 e. The van der Waals surface area contributed by atoms with Crippen LogP contribution in [0.5, 0.6) is 11.5 Å². The van der Waals surface area contributed by atoms with Crippen LogP contribution in [0.1, 0.15) is 30.9 Å². The number of hydrogen-bond donors (Lipinski definition) is 2. The van der Waals surface area contributed by atoms with Gasteiger partial charge in [0.2, 0.25) is 0 Å². The van der Waals surface area contributed by atoms with E-state index in [2.05, 4.69) is 20.8 Å². The third-order valence-corrected chi connectivity index (χ3v) is 5.09. The molecule has 1 aromatic heterocycles. The van der Waals surface area contributed by atoms with Gasteiger partial charge in [-0.25, -0.2) is 4.99 Å². The van der Waals surface area contributed by atoms with Crippen molar-refractivity contribution in [1.82, 2.24) is 20.1 Å². The SMILES string of the molecule is Cc1nnc(CN=C(NCC2CCCO2)Nc2ccc3c(c2)OCCCO3)n1C.I. The van der Waals surface area contributed by atoms with Crippen LogP contribution in [0.2, 0.25) is 0 Å². The first-order valence-corrected chi connectivity index (χ1v) is 10.1. The molecule has 4 rings (SSSR count). The van der Waals surface area contributed by atoms with Crippen LogP contribution in [0, 0.1) is 6.92 Å². The highest BCUT2D eigenvalue weighted by atomic mass is 127. The topological polar surface area (TPSA) is 94.8 Å². The predicted molar refractivity (Wildman–Crippen MR) is 125 cm³/mol. The standard InChI is InChI=1S/C20H28N6O3.HI/c1-14-24-25-19(26(14)2)13-22-20(21-12-16-5-3-8-27-16)23-15-6-7-17-18(11-15)29-10-4-9-28-17;/h6-7,11,16H,3-5,8-10,12-13H2,1-2H3,(H2,21,22,23);1H. The Bertz CT molecular complexity index is 866. The van der Waals surface area contributed by atoms with E-state index in [1.807, 2.05) is 36.7 Å². The monoisotopic (exact) mass is 528 g/mol. The van der Waals surface area contributed by atoms with Gasteiger partial charge in [-0.15, -0.1) is 34.2 Å². The zero-order chi connectivity index (χ0) is 20.1. The summed E-state index contributed by atoms with van der Waals surface area (Å²) in [4.78, 5) is 4.70. The average molecular weight is 528 g/mol. The number of nitrogens with one attached hydrogen (secondary N) is 2.